The lowest BCUT2D eigenvalue weighted by molar-refractivity contribution is 0.0855. The molecule has 2 aromatic rings. The molecule has 0 aromatic carbocycles. The molecule has 0 saturated heterocycles. The normalized spacial score (nSPS) is 11.4. The van der Waals surface area contributed by atoms with Gasteiger partial charge in [-0.05, 0) is 23.9 Å². The molecule has 0 bridgehead atoms. The molecule has 20 heavy (non-hydrogen) atoms. The summed E-state index contributed by atoms with van der Waals surface area (Å²) < 4.78 is 30.5. The van der Waals surface area contributed by atoms with Gasteiger partial charge in [-0.2, -0.15) is 0 Å². The first kappa shape index (κ1) is 14.8. The van der Waals surface area contributed by atoms with Crippen molar-refractivity contribution in [2.75, 3.05) is 13.2 Å². The predicted molar refractivity (Wildman–Crippen MR) is 73.0 cm³/mol. The van der Waals surface area contributed by atoms with Crippen LogP contribution in [0.5, 0.6) is 0 Å². The Morgan fingerprint density at radius 2 is 2.20 bits per heavy atom. The molecule has 0 atom stereocenters. The number of hydrogen-bond acceptors (Lipinski definition) is 6. The topological polar surface area (TPSA) is 87.8 Å². The first-order chi connectivity index (χ1) is 9.57. The zero-order valence-corrected chi connectivity index (χ0v) is 12.1. The highest BCUT2D eigenvalue weighted by atomic mass is 32.2. The van der Waals surface area contributed by atoms with Crippen LogP contribution in [0.15, 0.2) is 44.7 Å². The minimum absolute atomic E-state index is 0.0826. The second kappa shape index (κ2) is 6.21. The minimum atomic E-state index is -3.91. The van der Waals surface area contributed by atoms with Gasteiger partial charge in [-0.3, -0.25) is 4.79 Å². The first-order valence-electron chi connectivity index (χ1n) is 5.81. The van der Waals surface area contributed by atoms with E-state index in [1.807, 2.05) is 0 Å². The fourth-order valence-electron chi connectivity index (χ4n) is 1.59. The number of carbonyl (C=O) groups is 1. The SMILES string of the molecule is O=C(c1ccoc1)N(CCCO)S(=O)(=O)c1cccs1. The van der Waals surface area contributed by atoms with Gasteiger partial charge < -0.3 is 9.52 Å². The monoisotopic (exact) mass is 315 g/mol. The van der Waals surface area contributed by atoms with Crippen LogP contribution in [0.25, 0.3) is 0 Å². The molecule has 2 rings (SSSR count). The second-order valence-electron chi connectivity index (χ2n) is 3.90. The number of sulfonamides is 1. The third kappa shape index (κ3) is 2.92. The van der Waals surface area contributed by atoms with Crippen LogP contribution in [0.4, 0.5) is 0 Å². The van der Waals surface area contributed by atoms with Gasteiger partial charge in [0.15, 0.2) is 0 Å². The van der Waals surface area contributed by atoms with Crippen LogP contribution >= 0.6 is 11.3 Å². The lowest BCUT2D eigenvalue weighted by atomic mass is 10.3. The van der Waals surface area contributed by atoms with E-state index in [9.17, 15) is 13.2 Å². The van der Waals surface area contributed by atoms with E-state index in [1.165, 1.54) is 24.7 Å². The van der Waals surface area contributed by atoms with Crippen molar-refractivity contribution < 1.29 is 22.7 Å². The summed E-state index contributed by atoms with van der Waals surface area (Å²) in [5.74, 6) is -0.666. The van der Waals surface area contributed by atoms with Crippen molar-refractivity contribution in [2.24, 2.45) is 0 Å². The highest BCUT2D eigenvalue weighted by molar-refractivity contribution is 7.91. The van der Waals surface area contributed by atoms with Gasteiger partial charge in [0.2, 0.25) is 0 Å². The Kier molecular flexibility index (Phi) is 4.58. The Bertz CT molecular complexity index is 646. The van der Waals surface area contributed by atoms with Gasteiger partial charge in [0, 0.05) is 13.2 Å². The van der Waals surface area contributed by atoms with Crippen LogP contribution in [-0.4, -0.2) is 36.9 Å². The van der Waals surface area contributed by atoms with Crippen molar-refractivity contribution in [3.05, 3.63) is 41.7 Å². The first-order valence-corrected chi connectivity index (χ1v) is 8.13. The number of nitrogens with zero attached hydrogens (tertiary/aromatic N) is 1. The smallest absolute Gasteiger partial charge is 0.276 e. The molecule has 1 N–H and O–H groups in total. The van der Waals surface area contributed by atoms with Crippen LogP contribution in [0.1, 0.15) is 16.8 Å². The van der Waals surface area contributed by atoms with Crippen LogP contribution in [0.2, 0.25) is 0 Å². The van der Waals surface area contributed by atoms with Gasteiger partial charge in [-0.15, -0.1) is 11.3 Å². The van der Waals surface area contributed by atoms with Crippen LogP contribution in [0.3, 0.4) is 0 Å². The third-order valence-corrected chi connectivity index (χ3v) is 5.71. The van der Waals surface area contributed by atoms with E-state index in [4.69, 9.17) is 9.52 Å². The van der Waals surface area contributed by atoms with E-state index in [0.29, 0.717) is 0 Å². The molecule has 1 amide bonds. The van der Waals surface area contributed by atoms with Crippen molar-refractivity contribution in [2.45, 2.75) is 10.6 Å². The van der Waals surface area contributed by atoms with Gasteiger partial charge in [0.1, 0.15) is 10.5 Å². The zero-order chi connectivity index (χ0) is 14.6. The zero-order valence-electron chi connectivity index (χ0n) is 10.4. The molecule has 0 radical (unpaired) electrons. The van der Waals surface area contributed by atoms with Gasteiger partial charge in [0.05, 0.1) is 11.8 Å². The fourth-order valence-corrected chi connectivity index (χ4v) is 4.13. The Balaban J connectivity index is 2.35. The second-order valence-corrected chi connectivity index (χ2v) is 6.94. The van der Waals surface area contributed by atoms with Crippen molar-refractivity contribution in [1.82, 2.24) is 4.31 Å². The summed E-state index contributed by atoms with van der Waals surface area (Å²) in [6, 6.07) is 4.44. The maximum absolute atomic E-state index is 12.4. The maximum Gasteiger partial charge on any atom is 0.276 e. The number of thiophene rings is 1. The molecule has 0 aliphatic rings. The van der Waals surface area contributed by atoms with Gasteiger partial charge in [-0.1, -0.05) is 6.07 Å². The standard InChI is InChI=1S/C12H13NO5S2/c14-6-2-5-13(12(15)10-4-7-18-9-10)20(16,17)11-3-1-8-19-11/h1,3-4,7-9,14H,2,5-6H2. The maximum atomic E-state index is 12.4. The molecule has 0 fully saturated rings. The summed E-state index contributed by atoms with van der Waals surface area (Å²) in [6.07, 6.45) is 2.67. The van der Waals surface area contributed by atoms with E-state index in [-0.39, 0.29) is 29.3 Å². The van der Waals surface area contributed by atoms with E-state index >= 15 is 0 Å². The Morgan fingerprint density at radius 3 is 2.75 bits per heavy atom. The Hall–Kier alpha value is -1.64. The number of hydrogen-bond donors (Lipinski definition) is 1. The summed E-state index contributed by atoms with van der Waals surface area (Å²) >= 11 is 1.04. The largest absolute Gasteiger partial charge is 0.472 e. The number of carbonyl (C=O) groups excluding carboxylic acids is 1. The molecule has 8 heteroatoms. The van der Waals surface area contributed by atoms with Gasteiger partial charge in [0.25, 0.3) is 15.9 Å². The van der Waals surface area contributed by atoms with Crippen molar-refractivity contribution in [3.63, 3.8) is 0 Å². The van der Waals surface area contributed by atoms with E-state index < -0.39 is 15.9 Å². The lowest BCUT2D eigenvalue weighted by Crippen LogP contribution is -2.37. The van der Waals surface area contributed by atoms with Crippen molar-refractivity contribution in [3.8, 4) is 0 Å². The summed E-state index contributed by atoms with van der Waals surface area (Å²) in [5.41, 5.74) is 0.156. The molecule has 6 nitrogen and oxygen atoms in total. The quantitative estimate of drug-likeness (QED) is 0.874. The molecule has 0 aliphatic heterocycles. The molecule has 0 spiro atoms. The molecule has 108 valence electrons. The molecule has 0 unspecified atom stereocenters. The summed E-state index contributed by atoms with van der Waals surface area (Å²) in [5, 5.41) is 10.5. The van der Waals surface area contributed by atoms with Gasteiger partial charge in [-0.25, -0.2) is 12.7 Å². The molecular formula is C12H13NO5S2. The number of aliphatic hydroxyl groups is 1. The number of rotatable bonds is 6. The molecule has 0 saturated carbocycles. The molecule has 2 aromatic heterocycles. The highest BCUT2D eigenvalue weighted by Gasteiger charge is 2.30. The number of amides is 1. The fraction of sp³-hybridized carbons (Fsp3) is 0.250. The Morgan fingerprint density at radius 1 is 1.40 bits per heavy atom. The Labute approximate surface area is 120 Å². The molecule has 0 aliphatic carbocycles. The number of aliphatic hydroxyl groups excluding tert-OH is 1. The summed E-state index contributed by atoms with van der Waals surface area (Å²) in [6.45, 7) is -0.282. The minimum Gasteiger partial charge on any atom is -0.472 e. The van der Waals surface area contributed by atoms with Crippen LogP contribution in [0, 0.1) is 0 Å². The van der Waals surface area contributed by atoms with Crippen LogP contribution < -0.4 is 0 Å². The van der Waals surface area contributed by atoms with E-state index in [1.54, 1.807) is 11.4 Å². The van der Waals surface area contributed by atoms with Crippen LogP contribution in [-0.2, 0) is 10.0 Å². The van der Waals surface area contributed by atoms with E-state index in [0.717, 1.165) is 15.6 Å². The predicted octanol–water partition coefficient (Wildman–Crippen LogP) is 1.55. The van der Waals surface area contributed by atoms with Gasteiger partial charge >= 0.3 is 0 Å². The van der Waals surface area contributed by atoms with Crippen molar-refractivity contribution >= 4 is 27.3 Å². The lowest BCUT2D eigenvalue weighted by Gasteiger charge is -2.20. The average Bonchev–Trinajstić information content (AvgIpc) is 3.12. The number of furan rings is 1. The summed E-state index contributed by atoms with van der Waals surface area (Å²) in [7, 11) is -3.91. The third-order valence-electron chi connectivity index (χ3n) is 2.55. The van der Waals surface area contributed by atoms with Crippen molar-refractivity contribution in [1.29, 1.82) is 0 Å². The van der Waals surface area contributed by atoms with E-state index in [2.05, 4.69) is 0 Å². The highest BCUT2D eigenvalue weighted by Crippen LogP contribution is 2.23. The summed E-state index contributed by atoms with van der Waals surface area (Å²) in [4.78, 5) is 12.3. The molecule has 2 heterocycles. The molecular weight excluding hydrogens is 302 g/mol. The average molecular weight is 315 g/mol.